The smallest absolute Gasteiger partial charge is 0.302 e. The van der Waals surface area contributed by atoms with Gasteiger partial charge in [0.15, 0.2) is 5.79 Å². The highest BCUT2D eigenvalue weighted by Crippen LogP contribution is 2.77. The number of hydrogen-bond acceptors (Lipinski definition) is 6. The average molecular weight is 547 g/mol. The van der Waals surface area contributed by atoms with Crippen LogP contribution in [0, 0.1) is 46.3 Å². The van der Waals surface area contributed by atoms with E-state index in [2.05, 4.69) is 57.3 Å². The van der Waals surface area contributed by atoms with Crippen molar-refractivity contribution in [1.82, 2.24) is 0 Å². The molecule has 0 amide bonds. The molecule has 11 atom stereocenters. The quantitative estimate of drug-likeness (QED) is 0.259. The van der Waals surface area contributed by atoms with Crippen LogP contribution in [-0.2, 0) is 19.0 Å². The van der Waals surface area contributed by atoms with Crippen molar-refractivity contribution in [2.45, 2.75) is 108 Å². The number of ether oxygens (including phenoxy) is 3. The van der Waals surface area contributed by atoms with Gasteiger partial charge in [-0.15, -0.1) is 23.5 Å². The summed E-state index contributed by atoms with van der Waals surface area (Å²) in [6.07, 6.45) is 12.5. The zero-order valence-corrected chi connectivity index (χ0v) is 25.1. The molecule has 4 aliphatic carbocycles. The molecule has 2 spiro atoms. The first-order valence-corrected chi connectivity index (χ1v) is 17.1. The molecule has 4 nitrogen and oxygen atoms in total. The number of carbonyl (C=O) groups excluding carboxylic acids is 1. The van der Waals surface area contributed by atoms with E-state index >= 15 is 0 Å². The summed E-state index contributed by atoms with van der Waals surface area (Å²) in [5.74, 6) is 5.69. The second-order valence-corrected chi connectivity index (χ2v) is 17.1. The minimum Gasteiger partial charge on any atom is -0.463 e. The van der Waals surface area contributed by atoms with E-state index in [1.54, 1.807) is 12.5 Å². The van der Waals surface area contributed by atoms with E-state index in [1.165, 1.54) is 30.8 Å². The van der Waals surface area contributed by atoms with Crippen LogP contribution in [0.25, 0.3) is 0 Å². The van der Waals surface area contributed by atoms with Crippen molar-refractivity contribution in [3.05, 3.63) is 11.6 Å². The molecule has 3 saturated heterocycles. The lowest BCUT2D eigenvalue weighted by Gasteiger charge is -2.61. The Hall–Kier alpha value is -0.170. The van der Waals surface area contributed by atoms with Gasteiger partial charge in [0.05, 0.1) is 16.8 Å². The second kappa shape index (κ2) is 8.66. The first-order valence-electron chi connectivity index (χ1n) is 15.1. The Morgan fingerprint density at radius 3 is 2.59 bits per heavy atom. The first kappa shape index (κ1) is 25.8. The monoisotopic (exact) mass is 546 g/mol. The number of allylic oxidation sites excluding steroid dienone is 1. The SMILES string of the molecule is CC(=O)OC1CC[C@]2(C)C3=CC4(SCCS4)[C@@]4(C)C(CC5OC6(CC(C)CCO6)C(C)C54)C3CCC2C1. The molecule has 37 heavy (non-hydrogen) atoms. The largest absolute Gasteiger partial charge is 0.463 e. The summed E-state index contributed by atoms with van der Waals surface area (Å²) < 4.78 is 19.5. The lowest BCUT2D eigenvalue weighted by molar-refractivity contribution is -0.272. The number of hydrogen-bond donors (Lipinski definition) is 0. The van der Waals surface area contributed by atoms with Gasteiger partial charge in [0.1, 0.15) is 6.10 Å². The lowest BCUT2D eigenvalue weighted by atomic mass is 9.48. The molecule has 3 saturated carbocycles. The summed E-state index contributed by atoms with van der Waals surface area (Å²) >= 11 is 4.50. The van der Waals surface area contributed by atoms with Crippen LogP contribution in [0.3, 0.4) is 0 Å². The number of carbonyl (C=O) groups is 1. The van der Waals surface area contributed by atoms with Crippen molar-refractivity contribution >= 4 is 29.5 Å². The Balaban J connectivity index is 1.27. The summed E-state index contributed by atoms with van der Waals surface area (Å²) in [6.45, 7) is 12.5. The maximum atomic E-state index is 11.7. The third-order valence-corrected chi connectivity index (χ3v) is 16.2. The van der Waals surface area contributed by atoms with Crippen LogP contribution in [0.5, 0.6) is 0 Å². The van der Waals surface area contributed by atoms with Gasteiger partial charge in [-0.1, -0.05) is 39.3 Å². The van der Waals surface area contributed by atoms with Crippen LogP contribution >= 0.6 is 23.5 Å². The topological polar surface area (TPSA) is 44.8 Å². The van der Waals surface area contributed by atoms with E-state index < -0.39 is 0 Å². The van der Waals surface area contributed by atoms with Gasteiger partial charge in [-0.05, 0) is 74.0 Å². The van der Waals surface area contributed by atoms with Gasteiger partial charge in [-0.2, -0.15) is 0 Å². The Bertz CT molecular complexity index is 992. The fraction of sp³-hybridized carbons (Fsp3) is 0.903. The van der Waals surface area contributed by atoms with E-state index in [0.717, 1.165) is 38.7 Å². The number of fused-ring (bicyclic) bond motifs is 8. The maximum Gasteiger partial charge on any atom is 0.302 e. The summed E-state index contributed by atoms with van der Waals surface area (Å²) in [5.41, 5.74) is 2.24. The van der Waals surface area contributed by atoms with Gasteiger partial charge in [0, 0.05) is 42.1 Å². The number of rotatable bonds is 1. The van der Waals surface area contributed by atoms with Gasteiger partial charge in [-0.3, -0.25) is 4.79 Å². The summed E-state index contributed by atoms with van der Waals surface area (Å²) in [7, 11) is 0. The van der Waals surface area contributed by atoms with E-state index in [9.17, 15) is 4.79 Å². The van der Waals surface area contributed by atoms with Crippen molar-refractivity contribution in [2.75, 3.05) is 18.1 Å². The van der Waals surface area contributed by atoms with Gasteiger partial charge >= 0.3 is 5.97 Å². The van der Waals surface area contributed by atoms with E-state index in [-0.39, 0.29) is 32.8 Å². The summed E-state index contributed by atoms with van der Waals surface area (Å²) in [5, 5.41) is 0. The fourth-order valence-electron chi connectivity index (χ4n) is 10.8. The summed E-state index contributed by atoms with van der Waals surface area (Å²) in [6, 6.07) is 0. The van der Waals surface area contributed by atoms with E-state index in [4.69, 9.17) is 14.2 Å². The van der Waals surface area contributed by atoms with Gasteiger partial charge < -0.3 is 14.2 Å². The Kier molecular flexibility index (Phi) is 6.04. The molecule has 9 unspecified atom stereocenters. The van der Waals surface area contributed by atoms with Crippen LogP contribution < -0.4 is 0 Å². The molecule has 6 fully saturated rings. The molecule has 3 heterocycles. The highest BCUT2D eigenvalue weighted by atomic mass is 32.2. The fourth-order valence-corrected chi connectivity index (χ4v) is 14.5. The van der Waals surface area contributed by atoms with Gasteiger partial charge in [0.25, 0.3) is 0 Å². The molecule has 206 valence electrons. The highest BCUT2D eigenvalue weighted by Gasteiger charge is 2.74. The van der Waals surface area contributed by atoms with Crippen LogP contribution in [-0.4, -0.2) is 46.2 Å². The molecule has 0 aromatic rings. The van der Waals surface area contributed by atoms with E-state index in [0.29, 0.717) is 41.6 Å². The minimum atomic E-state index is -0.362. The maximum absolute atomic E-state index is 11.7. The molecule has 0 N–H and O–H groups in total. The van der Waals surface area contributed by atoms with Crippen molar-refractivity contribution in [2.24, 2.45) is 46.3 Å². The molecule has 0 bridgehead atoms. The zero-order valence-electron chi connectivity index (χ0n) is 23.4. The molecule has 7 rings (SSSR count). The van der Waals surface area contributed by atoms with Gasteiger partial charge in [0.2, 0.25) is 0 Å². The van der Waals surface area contributed by atoms with Crippen molar-refractivity contribution < 1.29 is 19.0 Å². The second-order valence-electron chi connectivity index (χ2n) is 14.1. The molecule has 0 aromatic heterocycles. The van der Waals surface area contributed by atoms with Crippen LogP contribution in [0.4, 0.5) is 0 Å². The van der Waals surface area contributed by atoms with Crippen molar-refractivity contribution in [3.8, 4) is 0 Å². The predicted molar refractivity (Wildman–Crippen MR) is 150 cm³/mol. The van der Waals surface area contributed by atoms with Gasteiger partial charge in [-0.25, -0.2) is 0 Å². The Labute approximate surface area is 232 Å². The summed E-state index contributed by atoms with van der Waals surface area (Å²) in [4.78, 5) is 11.7. The molecule has 0 aromatic carbocycles. The Morgan fingerprint density at radius 1 is 1.08 bits per heavy atom. The third kappa shape index (κ3) is 3.46. The van der Waals surface area contributed by atoms with E-state index in [1.807, 2.05) is 0 Å². The van der Waals surface area contributed by atoms with Crippen LogP contribution in [0.2, 0.25) is 0 Å². The normalized spacial score (nSPS) is 53.8. The number of esters is 1. The first-order chi connectivity index (χ1) is 17.6. The average Bonchev–Trinajstić information content (AvgIpc) is 3.50. The Morgan fingerprint density at radius 2 is 1.86 bits per heavy atom. The number of thioether (sulfide) groups is 2. The molecule has 7 aliphatic rings. The van der Waals surface area contributed by atoms with Crippen LogP contribution in [0.1, 0.15) is 86.0 Å². The zero-order chi connectivity index (χ0) is 25.8. The molecule has 0 radical (unpaired) electrons. The highest BCUT2D eigenvalue weighted by molar-refractivity contribution is 8.21. The lowest BCUT2D eigenvalue weighted by Crippen LogP contribution is -2.57. The van der Waals surface area contributed by atoms with Crippen molar-refractivity contribution in [1.29, 1.82) is 0 Å². The molecule has 3 aliphatic heterocycles. The predicted octanol–water partition coefficient (Wildman–Crippen LogP) is 7.07. The standard InChI is InChI=1S/C31H46O4S2/c1-18-9-11-33-30(16-18)19(2)27-26(35-30)15-24-23-7-6-21-14-22(34-20(3)32)8-10-28(21,4)25(23)17-31(29(24,27)5)36-12-13-37-31/h17-19,21-24,26-27H,6-16H2,1-5H3/t18?,19?,21?,22?,23?,24?,26?,27?,28-,29-,30?/m0/s1. The van der Waals surface area contributed by atoms with Crippen LogP contribution in [0.15, 0.2) is 11.6 Å². The molecular formula is C31H46O4S2. The molecular weight excluding hydrogens is 500 g/mol. The van der Waals surface area contributed by atoms with Crippen molar-refractivity contribution in [3.63, 3.8) is 0 Å². The third-order valence-electron chi connectivity index (χ3n) is 12.5. The minimum absolute atomic E-state index is 0.111. The molecule has 6 heteroatoms.